The molecule has 0 saturated carbocycles. The number of imidazole rings is 1. The summed E-state index contributed by atoms with van der Waals surface area (Å²) in [6, 6.07) is 3.43. The van der Waals surface area contributed by atoms with E-state index in [1.807, 2.05) is 17.3 Å². The van der Waals surface area contributed by atoms with Crippen molar-refractivity contribution in [2.75, 3.05) is 34.4 Å². The Morgan fingerprint density at radius 2 is 1.75 bits per heavy atom. The van der Waals surface area contributed by atoms with Crippen LogP contribution in [0.15, 0.2) is 24.5 Å². The quantitative estimate of drug-likeness (QED) is 0.731. The molecule has 0 atom stereocenters. The van der Waals surface area contributed by atoms with Gasteiger partial charge in [0.15, 0.2) is 11.5 Å². The van der Waals surface area contributed by atoms with E-state index < -0.39 is 0 Å². The van der Waals surface area contributed by atoms with E-state index in [0.29, 0.717) is 28.7 Å². The Labute approximate surface area is 166 Å². The number of rotatable bonds is 7. The Hall–Kier alpha value is -2.70. The fraction of sp³-hybridized carbons (Fsp3) is 0.524. The van der Waals surface area contributed by atoms with Gasteiger partial charge >= 0.3 is 0 Å². The van der Waals surface area contributed by atoms with E-state index in [1.54, 1.807) is 33.5 Å². The van der Waals surface area contributed by atoms with Gasteiger partial charge in [-0.05, 0) is 30.9 Å². The van der Waals surface area contributed by atoms with Crippen molar-refractivity contribution in [1.29, 1.82) is 0 Å². The number of carbonyl (C=O) groups is 1. The van der Waals surface area contributed by atoms with Crippen LogP contribution in [-0.2, 0) is 13.0 Å². The van der Waals surface area contributed by atoms with Gasteiger partial charge in [-0.25, -0.2) is 4.98 Å². The van der Waals surface area contributed by atoms with Crippen molar-refractivity contribution in [3.8, 4) is 17.2 Å². The third-order valence-corrected chi connectivity index (χ3v) is 5.39. The Bertz CT molecular complexity index is 785. The largest absolute Gasteiger partial charge is 0.493 e. The standard InChI is InChI=1S/C21H29N3O4/c1-5-19-22-8-11-24(19)14-15-6-9-23(10-7-15)21(25)16-12-17(26-2)20(28-4)18(13-16)27-3/h8,11-13,15H,5-7,9-10,14H2,1-4H3. The second kappa shape index (κ2) is 8.99. The Kier molecular flexibility index (Phi) is 6.44. The molecule has 7 nitrogen and oxygen atoms in total. The van der Waals surface area contributed by atoms with Crippen LogP contribution < -0.4 is 14.2 Å². The van der Waals surface area contributed by atoms with Gasteiger partial charge in [-0.2, -0.15) is 0 Å². The van der Waals surface area contributed by atoms with Crippen molar-refractivity contribution in [3.05, 3.63) is 35.9 Å². The van der Waals surface area contributed by atoms with Gasteiger partial charge in [-0.3, -0.25) is 4.79 Å². The van der Waals surface area contributed by atoms with E-state index >= 15 is 0 Å². The number of nitrogens with zero attached hydrogens (tertiary/aromatic N) is 3. The first-order chi connectivity index (χ1) is 13.6. The summed E-state index contributed by atoms with van der Waals surface area (Å²) >= 11 is 0. The van der Waals surface area contributed by atoms with Gasteiger partial charge in [0, 0.05) is 44.0 Å². The second-order valence-corrected chi connectivity index (χ2v) is 7.00. The van der Waals surface area contributed by atoms with Gasteiger partial charge in [0.1, 0.15) is 5.82 Å². The fourth-order valence-electron chi connectivity index (χ4n) is 3.80. The number of carbonyl (C=O) groups excluding carboxylic acids is 1. The average molecular weight is 387 g/mol. The van der Waals surface area contributed by atoms with Gasteiger partial charge in [0.2, 0.25) is 5.75 Å². The molecule has 2 aromatic rings. The summed E-state index contributed by atoms with van der Waals surface area (Å²) in [6.07, 6.45) is 6.81. The Balaban J connectivity index is 1.66. The molecule has 1 aromatic heterocycles. The molecule has 7 heteroatoms. The van der Waals surface area contributed by atoms with Gasteiger partial charge in [0.05, 0.1) is 21.3 Å². The van der Waals surface area contributed by atoms with Crippen LogP contribution in [0.3, 0.4) is 0 Å². The molecule has 28 heavy (non-hydrogen) atoms. The van der Waals surface area contributed by atoms with Crippen LogP contribution >= 0.6 is 0 Å². The lowest BCUT2D eigenvalue weighted by atomic mass is 9.96. The van der Waals surface area contributed by atoms with Gasteiger partial charge in [0.25, 0.3) is 5.91 Å². The summed E-state index contributed by atoms with van der Waals surface area (Å²) in [5.41, 5.74) is 0.552. The van der Waals surface area contributed by atoms with E-state index in [2.05, 4.69) is 16.5 Å². The molecule has 0 radical (unpaired) electrons. The SMILES string of the molecule is CCc1nccn1CC1CCN(C(=O)c2cc(OC)c(OC)c(OC)c2)CC1. The third-order valence-electron chi connectivity index (χ3n) is 5.39. The summed E-state index contributed by atoms with van der Waals surface area (Å²) < 4.78 is 18.3. The van der Waals surface area contributed by atoms with Gasteiger partial charge in [-0.15, -0.1) is 0 Å². The molecule has 152 valence electrons. The monoisotopic (exact) mass is 387 g/mol. The summed E-state index contributed by atoms with van der Waals surface area (Å²) in [6.45, 7) is 4.58. The zero-order chi connectivity index (χ0) is 20.1. The molecule has 0 unspecified atom stereocenters. The first kappa shape index (κ1) is 20.0. The number of hydrogen-bond donors (Lipinski definition) is 0. The van der Waals surface area contributed by atoms with Crippen LogP contribution in [0.5, 0.6) is 17.2 Å². The van der Waals surface area contributed by atoms with Crippen molar-refractivity contribution in [2.45, 2.75) is 32.7 Å². The molecular weight excluding hydrogens is 358 g/mol. The number of piperidine rings is 1. The predicted molar refractivity (Wildman–Crippen MR) is 106 cm³/mol. The second-order valence-electron chi connectivity index (χ2n) is 7.00. The Morgan fingerprint density at radius 1 is 1.11 bits per heavy atom. The molecule has 0 bridgehead atoms. The topological polar surface area (TPSA) is 65.8 Å². The zero-order valence-corrected chi connectivity index (χ0v) is 17.1. The number of ether oxygens (including phenoxy) is 3. The predicted octanol–water partition coefficient (Wildman–Crippen LogP) is 3.02. The first-order valence-electron chi connectivity index (χ1n) is 9.70. The minimum atomic E-state index is -0.00502. The maximum atomic E-state index is 13.0. The highest BCUT2D eigenvalue weighted by Crippen LogP contribution is 2.38. The lowest BCUT2D eigenvalue weighted by Gasteiger charge is -2.32. The summed E-state index contributed by atoms with van der Waals surface area (Å²) in [4.78, 5) is 19.3. The van der Waals surface area contributed by atoms with Crippen LogP contribution in [0.2, 0.25) is 0 Å². The number of amides is 1. The molecule has 3 rings (SSSR count). The minimum absolute atomic E-state index is 0.00502. The average Bonchev–Trinajstić information content (AvgIpc) is 3.19. The van der Waals surface area contributed by atoms with Crippen molar-refractivity contribution < 1.29 is 19.0 Å². The normalized spacial score (nSPS) is 14.8. The van der Waals surface area contributed by atoms with Crippen molar-refractivity contribution >= 4 is 5.91 Å². The summed E-state index contributed by atoms with van der Waals surface area (Å²) in [5.74, 6) is 3.15. The van der Waals surface area contributed by atoms with E-state index in [9.17, 15) is 4.79 Å². The van der Waals surface area contributed by atoms with Crippen LogP contribution in [0.25, 0.3) is 0 Å². The number of aromatic nitrogens is 2. The summed E-state index contributed by atoms with van der Waals surface area (Å²) in [7, 11) is 4.66. The highest BCUT2D eigenvalue weighted by Gasteiger charge is 2.26. The lowest BCUT2D eigenvalue weighted by molar-refractivity contribution is 0.0681. The molecule has 1 aliphatic rings. The van der Waals surface area contributed by atoms with Crippen LogP contribution in [0.4, 0.5) is 0 Å². The molecule has 1 aromatic carbocycles. The van der Waals surface area contributed by atoms with Crippen LogP contribution in [-0.4, -0.2) is 54.8 Å². The molecule has 0 aliphatic carbocycles. The number of benzene rings is 1. The van der Waals surface area contributed by atoms with E-state index in [0.717, 1.165) is 44.7 Å². The molecule has 0 spiro atoms. The molecule has 0 N–H and O–H groups in total. The maximum absolute atomic E-state index is 13.0. The number of methoxy groups -OCH3 is 3. The third kappa shape index (κ3) is 4.08. The molecule has 1 amide bonds. The molecule has 2 heterocycles. The van der Waals surface area contributed by atoms with E-state index in [4.69, 9.17) is 14.2 Å². The first-order valence-corrected chi connectivity index (χ1v) is 9.70. The maximum Gasteiger partial charge on any atom is 0.254 e. The summed E-state index contributed by atoms with van der Waals surface area (Å²) in [5, 5.41) is 0. The molecule has 1 fully saturated rings. The van der Waals surface area contributed by atoms with E-state index in [-0.39, 0.29) is 5.91 Å². The van der Waals surface area contributed by atoms with Gasteiger partial charge in [-0.1, -0.05) is 6.92 Å². The highest BCUT2D eigenvalue weighted by atomic mass is 16.5. The minimum Gasteiger partial charge on any atom is -0.493 e. The Morgan fingerprint density at radius 3 is 2.29 bits per heavy atom. The molecule has 1 aliphatic heterocycles. The van der Waals surface area contributed by atoms with Crippen molar-refractivity contribution in [1.82, 2.24) is 14.5 Å². The highest BCUT2D eigenvalue weighted by molar-refractivity contribution is 5.95. The molecular formula is C21H29N3O4. The van der Waals surface area contributed by atoms with Crippen LogP contribution in [0, 0.1) is 5.92 Å². The van der Waals surface area contributed by atoms with Gasteiger partial charge < -0.3 is 23.7 Å². The lowest BCUT2D eigenvalue weighted by Crippen LogP contribution is -2.39. The molecule has 1 saturated heterocycles. The number of aryl methyl sites for hydroxylation is 1. The zero-order valence-electron chi connectivity index (χ0n) is 17.1. The van der Waals surface area contributed by atoms with Crippen molar-refractivity contribution in [2.24, 2.45) is 5.92 Å². The smallest absolute Gasteiger partial charge is 0.254 e. The van der Waals surface area contributed by atoms with Crippen molar-refractivity contribution in [3.63, 3.8) is 0 Å². The number of likely N-dealkylation sites (tertiary alicyclic amines) is 1. The van der Waals surface area contributed by atoms with Crippen LogP contribution in [0.1, 0.15) is 35.9 Å². The van der Waals surface area contributed by atoms with E-state index in [1.165, 1.54) is 0 Å². The number of hydrogen-bond acceptors (Lipinski definition) is 5. The fourth-order valence-corrected chi connectivity index (χ4v) is 3.80.